The normalized spacial score (nSPS) is 30.7. The molecule has 0 aromatic heterocycles. The van der Waals surface area contributed by atoms with Crippen LogP contribution in [0.4, 0.5) is 0 Å². The molecular weight excluding hydrogens is 258 g/mol. The van der Waals surface area contributed by atoms with Crippen LogP contribution in [0, 0.1) is 19.8 Å². The summed E-state index contributed by atoms with van der Waals surface area (Å²) in [5, 5.41) is 10.3. The van der Waals surface area contributed by atoms with Crippen LogP contribution in [0.2, 0.25) is 0 Å². The van der Waals surface area contributed by atoms with Gasteiger partial charge in [-0.05, 0) is 57.2 Å². The summed E-state index contributed by atoms with van der Waals surface area (Å²) < 4.78 is 0. The van der Waals surface area contributed by atoms with E-state index in [9.17, 15) is 5.11 Å². The maximum Gasteiger partial charge on any atom is 0.0583 e. The number of benzene rings is 1. The Morgan fingerprint density at radius 2 is 1.95 bits per heavy atom. The average molecular weight is 287 g/mol. The van der Waals surface area contributed by atoms with E-state index < -0.39 is 0 Å². The van der Waals surface area contributed by atoms with Gasteiger partial charge in [-0.3, -0.25) is 4.90 Å². The van der Waals surface area contributed by atoms with E-state index in [2.05, 4.69) is 36.9 Å². The van der Waals surface area contributed by atoms with Crippen LogP contribution >= 0.6 is 0 Å². The second-order valence-electron chi connectivity index (χ2n) is 7.13. The van der Waals surface area contributed by atoms with Crippen LogP contribution in [0.25, 0.3) is 0 Å². The lowest BCUT2D eigenvalue weighted by molar-refractivity contribution is 0.0312. The van der Waals surface area contributed by atoms with Crippen molar-refractivity contribution in [3.8, 4) is 0 Å². The molecule has 0 radical (unpaired) electrons. The summed E-state index contributed by atoms with van der Waals surface area (Å²) in [6.45, 7) is 6.65. The number of hydrogen-bond acceptors (Lipinski definition) is 2. The maximum absolute atomic E-state index is 10.3. The van der Waals surface area contributed by atoms with Crippen LogP contribution in [0.15, 0.2) is 18.2 Å². The Labute approximate surface area is 129 Å². The lowest BCUT2D eigenvalue weighted by Gasteiger charge is -2.40. The first-order valence-electron chi connectivity index (χ1n) is 8.63. The van der Waals surface area contributed by atoms with E-state index in [1.807, 2.05) is 0 Å². The van der Waals surface area contributed by atoms with Gasteiger partial charge >= 0.3 is 0 Å². The second kappa shape index (κ2) is 6.50. The van der Waals surface area contributed by atoms with Crippen LogP contribution in [-0.2, 0) is 6.54 Å². The molecule has 3 unspecified atom stereocenters. The third kappa shape index (κ3) is 3.32. The van der Waals surface area contributed by atoms with Crippen LogP contribution in [0.3, 0.4) is 0 Å². The van der Waals surface area contributed by atoms with Gasteiger partial charge < -0.3 is 5.11 Å². The quantitative estimate of drug-likeness (QED) is 0.913. The Morgan fingerprint density at radius 3 is 2.71 bits per heavy atom. The molecule has 1 saturated heterocycles. The van der Waals surface area contributed by atoms with E-state index in [4.69, 9.17) is 0 Å². The van der Waals surface area contributed by atoms with E-state index >= 15 is 0 Å². The SMILES string of the molecule is Cc1ccc(C)c(CN2CCCCC2C2CCCC2O)c1. The zero-order valence-electron chi connectivity index (χ0n) is 13.5. The molecule has 0 spiro atoms. The van der Waals surface area contributed by atoms with Crippen molar-refractivity contribution in [2.45, 2.75) is 71.1 Å². The number of piperidine rings is 1. The molecule has 21 heavy (non-hydrogen) atoms. The summed E-state index contributed by atoms with van der Waals surface area (Å²) >= 11 is 0. The van der Waals surface area contributed by atoms with Crippen LogP contribution in [0.5, 0.6) is 0 Å². The Kier molecular flexibility index (Phi) is 4.66. The molecule has 0 amide bonds. The molecule has 1 aliphatic heterocycles. The molecule has 2 nitrogen and oxygen atoms in total. The molecule has 1 aromatic carbocycles. The first-order valence-corrected chi connectivity index (χ1v) is 8.63. The molecule has 3 rings (SSSR count). The molecule has 1 aromatic rings. The molecule has 1 saturated carbocycles. The van der Waals surface area contributed by atoms with Gasteiger partial charge in [0, 0.05) is 18.5 Å². The Bertz CT molecular complexity index is 484. The minimum atomic E-state index is -0.0609. The van der Waals surface area contributed by atoms with Crippen molar-refractivity contribution in [2.75, 3.05) is 6.54 Å². The molecule has 116 valence electrons. The number of hydrogen-bond donors (Lipinski definition) is 1. The highest BCUT2D eigenvalue weighted by molar-refractivity contribution is 5.30. The molecule has 1 aliphatic carbocycles. The van der Waals surface area contributed by atoms with E-state index in [1.165, 1.54) is 55.3 Å². The molecule has 1 heterocycles. The summed E-state index contributed by atoms with van der Waals surface area (Å²) in [4.78, 5) is 2.66. The Balaban J connectivity index is 1.76. The zero-order valence-corrected chi connectivity index (χ0v) is 13.5. The van der Waals surface area contributed by atoms with E-state index in [-0.39, 0.29) is 6.10 Å². The van der Waals surface area contributed by atoms with E-state index in [0.29, 0.717) is 12.0 Å². The predicted molar refractivity (Wildman–Crippen MR) is 87.3 cm³/mol. The smallest absolute Gasteiger partial charge is 0.0583 e. The Morgan fingerprint density at radius 1 is 1.10 bits per heavy atom. The average Bonchev–Trinajstić information content (AvgIpc) is 2.90. The number of likely N-dealkylation sites (tertiary alicyclic amines) is 1. The lowest BCUT2D eigenvalue weighted by atomic mass is 9.87. The summed E-state index contributed by atoms with van der Waals surface area (Å²) in [6.07, 6.45) is 7.29. The van der Waals surface area contributed by atoms with E-state index in [1.54, 1.807) is 0 Å². The molecule has 0 bridgehead atoms. The maximum atomic E-state index is 10.3. The number of nitrogens with zero attached hydrogens (tertiary/aromatic N) is 1. The van der Waals surface area contributed by atoms with Gasteiger partial charge in [0.05, 0.1) is 6.10 Å². The third-order valence-electron chi connectivity index (χ3n) is 5.57. The highest BCUT2D eigenvalue weighted by Gasteiger charge is 2.36. The fourth-order valence-corrected chi connectivity index (χ4v) is 4.31. The highest BCUT2D eigenvalue weighted by Crippen LogP contribution is 2.36. The molecular formula is C19H29NO. The van der Waals surface area contributed by atoms with Gasteiger partial charge in [0.15, 0.2) is 0 Å². The van der Waals surface area contributed by atoms with Gasteiger partial charge in [-0.2, -0.15) is 0 Å². The zero-order chi connectivity index (χ0) is 14.8. The number of aryl methyl sites for hydroxylation is 2. The van der Waals surface area contributed by atoms with Crippen LogP contribution < -0.4 is 0 Å². The molecule has 3 atom stereocenters. The van der Waals surface area contributed by atoms with Crippen molar-refractivity contribution in [3.05, 3.63) is 34.9 Å². The van der Waals surface area contributed by atoms with Gasteiger partial charge in [0.2, 0.25) is 0 Å². The van der Waals surface area contributed by atoms with Gasteiger partial charge in [-0.15, -0.1) is 0 Å². The second-order valence-corrected chi connectivity index (χ2v) is 7.13. The van der Waals surface area contributed by atoms with Crippen molar-refractivity contribution in [1.82, 2.24) is 4.90 Å². The fraction of sp³-hybridized carbons (Fsp3) is 0.684. The van der Waals surface area contributed by atoms with Crippen molar-refractivity contribution >= 4 is 0 Å². The van der Waals surface area contributed by atoms with E-state index in [0.717, 1.165) is 13.0 Å². The van der Waals surface area contributed by atoms with Crippen molar-refractivity contribution < 1.29 is 5.11 Å². The van der Waals surface area contributed by atoms with Gasteiger partial charge in [-0.25, -0.2) is 0 Å². The lowest BCUT2D eigenvalue weighted by Crippen LogP contribution is -2.45. The minimum absolute atomic E-state index is 0.0609. The molecule has 2 fully saturated rings. The summed E-state index contributed by atoms with van der Waals surface area (Å²) in [5.74, 6) is 0.510. The van der Waals surface area contributed by atoms with Gasteiger partial charge in [0.1, 0.15) is 0 Å². The highest BCUT2D eigenvalue weighted by atomic mass is 16.3. The standard InChI is InChI=1S/C19H29NO/c1-14-9-10-15(2)16(12-14)13-20-11-4-3-7-18(20)17-6-5-8-19(17)21/h9-10,12,17-19,21H,3-8,11,13H2,1-2H3. The number of aliphatic hydroxyl groups excluding tert-OH is 1. The van der Waals surface area contributed by atoms with Gasteiger partial charge in [-0.1, -0.05) is 36.6 Å². The molecule has 2 aliphatic rings. The van der Waals surface area contributed by atoms with Crippen molar-refractivity contribution in [2.24, 2.45) is 5.92 Å². The van der Waals surface area contributed by atoms with Crippen LogP contribution in [-0.4, -0.2) is 28.7 Å². The monoisotopic (exact) mass is 287 g/mol. The first-order chi connectivity index (χ1) is 10.1. The minimum Gasteiger partial charge on any atom is -0.393 e. The summed E-state index contributed by atoms with van der Waals surface area (Å²) in [5.41, 5.74) is 4.22. The van der Waals surface area contributed by atoms with Gasteiger partial charge in [0.25, 0.3) is 0 Å². The van der Waals surface area contributed by atoms with Crippen LogP contribution in [0.1, 0.15) is 55.2 Å². The van der Waals surface area contributed by atoms with Crippen molar-refractivity contribution in [3.63, 3.8) is 0 Å². The molecule has 1 N–H and O–H groups in total. The number of aliphatic hydroxyl groups is 1. The van der Waals surface area contributed by atoms with Crippen molar-refractivity contribution in [1.29, 1.82) is 0 Å². The summed E-state index contributed by atoms with van der Waals surface area (Å²) in [7, 11) is 0. The fourth-order valence-electron chi connectivity index (χ4n) is 4.31. The number of rotatable bonds is 3. The Hall–Kier alpha value is -0.860. The first kappa shape index (κ1) is 15.1. The molecule has 2 heteroatoms. The third-order valence-corrected chi connectivity index (χ3v) is 5.57. The largest absolute Gasteiger partial charge is 0.393 e. The summed E-state index contributed by atoms with van der Waals surface area (Å²) in [6, 6.07) is 7.38. The predicted octanol–water partition coefficient (Wildman–Crippen LogP) is 3.82. The topological polar surface area (TPSA) is 23.5 Å².